The monoisotopic (exact) mass is 328 g/mol. The van der Waals surface area contributed by atoms with E-state index in [1.54, 1.807) is 0 Å². The molecule has 1 heterocycles. The number of hydrogen-bond acceptors (Lipinski definition) is 2. The van der Waals surface area contributed by atoms with Gasteiger partial charge in [0.05, 0.1) is 6.54 Å². The van der Waals surface area contributed by atoms with Crippen LogP contribution in [0.15, 0.2) is 29.3 Å². The minimum atomic E-state index is 0.142. The van der Waals surface area contributed by atoms with Crippen LogP contribution in [0, 0.1) is 11.8 Å². The number of aliphatic imine (C=N–C) groups is 1. The van der Waals surface area contributed by atoms with Crippen molar-refractivity contribution in [2.45, 2.75) is 45.6 Å². The number of amides is 1. The van der Waals surface area contributed by atoms with E-state index in [9.17, 15) is 4.79 Å². The molecule has 0 spiro atoms. The molecule has 0 atom stereocenters. The van der Waals surface area contributed by atoms with E-state index in [4.69, 9.17) is 5.73 Å². The summed E-state index contributed by atoms with van der Waals surface area (Å²) in [6.45, 7) is 4.82. The van der Waals surface area contributed by atoms with Crippen LogP contribution in [0.25, 0.3) is 0 Å². The predicted octanol–water partition coefficient (Wildman–Crippen LogP) is 2.97. The summed E-state index contributed by atoms with van der Waals surface area (Å²) in [6, 6.07) is 7.90. The second-order valence-electron chi connectivity index (χ2n) is 7.16. The average molecular weight is 328 g/mol. The molecule has 2 aliphatic rings. The van der Waals surface area contributed by atoms with Crippen LogP contribution in [0.3, 0.4) is 0 Å². The molecule has 2 fully saturated rings. The lowest BCUT2D eigenvalue weighted by atomic mass is 9.85. The number of rotatable bonds is 4. The van der Waals surface area contributed by atoms with E-state index < -0.39 is 0 Å². The maximum atomic E-state index is 12.0. The lowest BCUT2D eigenvalue weighted by molar-refractivity contribution is -0.122. The molecule has 130 valence electrons. The summed E-state index contributed by atoms with van der Waals surface area (Å²) in [5.41, 5.74) is 8.05. The molecule has 5 heteroatoms. The highest BCUT2D eigenvalue weighted by atomic mass is 16.1. The first-order chi connectivity index (χ1) is 11.6. The molecule has 3 N–H and O–H groups in total. The number of nitrogens with two attached hydrogens (primary N) is 1. The molecule has 1 saturated heterocycles. The topological polar surface area (TPSA) is 70.7 Å². The molecule has 0 unspecified atom stereocenters. The molecule has 1 aliphatic heterocycles. The van der Waals surface area contributed by atoms with Crippen LogP contribution >= 0.6 is 0 Å². The van der Waals surface area contributed by atoms with E-state index in [-0.39, 0.29) is 11.8 Å². The first-order valence-corrected chi connectivity index (χ1v) is 9.06. The third-order valence-corrected chi connectivity index (χ3v) is 5.20. The number of likely N-dealkylation sites (tertiary alicyclic amines) is 1. The Hall–Kier alpha value is -2.04. The molecule has 5 nitrogen and oxygen atoms in total. The second-order valence-corrected chi connectivity index (χ2v) is 7.16. The third kappa shape index (κ3) is 4.28. The van der Waals surface area contributed by atoms with Gasteiger partial charge in [0.1, 0.15) is 0 Å². The number of benzene rings is 1. The summed E-state index contributed by atoms with van der Waals surface area (Å²) < 4.78 is 0. The second kappa shape index (κ2) is 7.69. The van der Waals surface area contributed by atoms with Gasteiger partial charge in [0.15, 0.2) is 5.96 Å². The highest BCUT2D eigenvalue weighted by Crippen LogP contribution is 2.27. The zero-order valence-electron chi connectivity index (χ0n) is 14.5. The molecule has 0 radical (unpaired) electrons. The normalized spacial score (nSPS) is 19.9. The predicted molar refractivity (Wildman–Crippen MR) is 97.7 cm³/mol. The maximum absolute atomic E-state index is 12.0. The van der Waals surface area contributed by atoms with Gasteiger partial charge in [-0.3, -0.25) is 4.79 Å². The van der Waals surface area contributed by atoms with Gasteiger partial charge in [0, 0.05) is 24.7 Å². The van der Waals surface area contributed by atoms with Gasteiger partial charge in [-0.25, -0.2) is 4.99 Å². The first kappa shape index (κ1) is 16.8. The molecule has 1 aromatic rings. The summed E-state index contributed by atoms with van der Waals surface area (Å²) in [7, 11) is 0. The summed E-state index contributed by atoms with van der Waals surface area (Å²) >= 11 is 0. The van der Waals surface area contributed by atoms with Crippen molar-refractivity contribution in [1.29, 1.82) is 0 Å². The number of nitrogens with one attached hydrogen (secondary N) is 1. The number of nitrogens with zero attached hydrogens (tertiary/aromatic N) is 2. The highest BCUT2D eigenvalue weighted by Gasteiger charge is 2.25. The molecule has 24 heavy (non-hydrogen) atoms. The fraction of sp³-hybridized carbons (Fsp3) is 0.579. The Morgan fingerprint density at radius 1 is 1.29 bits per heavy atom. The SMILES string of the molecule is CC1CCN(C(N)=NCc2cccc(NC(=O)C3CCC3)c2)CC1. The van der Waals surface area contributed by atoms with E-state index in [1.165, 1.54) is 19.3 Å². The highest BCUT2D eigenvalue weighted by molar-refractivity contribution is 5.93. The summed E-state index contributed by atoms with van der Waals surface area (Å²) in [5.74, 6) is 1.75. The van der Waals surface area contributed by atoms with E-state index >= 15 is 0 Å². The molecule has 1 saturated carbocycles. The van der Waals surface area contributed by atoms with Crippen LogP contribution in [0.4, 0.5) is 5.69 Å². The Kier molecular flexibility index (Phi) is 5.38. The molecule has 3 rings (SSSR count). The quantitative estimate of drug-likeness (QED) is 0.659. The van der Waals surface area contributed by atoms with Crippen LogP contribution in [0.1, 0.15) is 44.6 Å². The maximum Gasteiger partial charge on any atom is 0.227 e. The lowest BCUT2D eigenvalue weighted by Gasteiger charge is -2.31. The zero-order valence-corrected chi connectivity index (χ0v) is 14.5. The van der Waals surface area contributed by atoms with Gasteiger partial charge in [-0.15, -0.1) is 0 Å². The number of piperidine rings is 1. The van der Waals surface area contributed by atoms with Crippen LogP contribution in [-0.2, 0) is 11.3 Å². The first-order valence-electron chi connectivity index (χ1n) is 9.06. The number of guanidine groups is 1. The van der Waals surface area contributed by atoms with Crippen molar-refractivity contribution in [3.05, 3.63) is 29.8 Å². The Bertz CT molecular complexity index is 601. The summed E-state index contributed by atoms with van der Waals surface area (Å²) in [5, 5.41) is 3.01. The fourth-order valence-electron chi connectivity index (χ4n) is 3.17. The molecule has 0 aromatic heterocycles. The average Bonchev–Trinajstić information content (AvgIpc) is 2.52. The largest absolute Gasteiger partial charge is 0.370 e. The molecular formula is C19H28N4O. The van der Waals surface area contributed by atoms with E-state index in [0.717, 1.165) is 43.1 Å². The van der Waals surface area contributed by atoms with E-state index in [1.807, 2.05) is 24.3 Å². The Labute approximate surface area is 144 Å². The van der Waals surface area contributed by atoms with Crippen molar-refractivity contribution in [2.24, 2.45) is 22.6 Å². The molecule has 0 bridgehead atoms. The Morgan fingerprint density at radius 3 is 2.71 bits per heavy atom. The van der Waals surface area contributed by atoms with Gasteiger partial charge in [-0.2, -0.15) is 0 Å². The van der Waals surface area contributed by atoms with Crippen molar-refractivity contribution in [2.75, 3.05) is 18.4 Å². The van der Waals surface area contributed by atoms with Crippen LogP contribution < -0.4 is 11.1 Å². The van der Waals surface area contributed by atoms with E-state index in [0.29, 0.717) is 12.5 Å². The van der Waals surface area contributed by atoms with Gasteiger partial charge in [0.25, 0.3) is 0 Å². The van der Waals surface area contributed by atoms with Crippen molar-refractivity contribution in [3.63, 3.8) is 0 Å². The van der Waals surface area contributed by atoms with Crippen molar-refractivity contribution in [1.82, 2.24) is 4.90 Å². The lowest BCUT2D eigenvalue weighted by Crippen LogP contribution is -2.42. The summed E-state index contributed by atoms with van der Waals surface area (Å²) in [4.78, 5) is 18.7. The number of hydrogen-bond donors (Lipinski definition) is 2. The molecule has 1 aliphatic carbocycles. The standard InChI is InChI=1S/C19H28N4O/c1-14-8-10-23(11-9-14)19(20)21-13-15-4-2-7-17(12-15)22-18(24)16-5-3-6-16/h2,4,7,12,14,16H,3,5-6,8-11,13H2,1H3,(H2,20,21)(H,22,24). The summed E-state index contributed by atoms with van der Waals surface area (Å²) in [6.07, 6.45) is 5.56. The Balaban J connectivity index is 1.55. The number of carbonyl (C=O) groups excluding carboxylic acids is 1. The van der Waals surface area contributed by atoms with Gasteiger partial charge in [-0.05, 0) is 49.3 Å². The minimum absolute atomic E-state index is 0.142. The van der Waals surface area contributed by atoms with Crippen LogP contribution in [-0.4, -0.2) is 29.9 Å². The third-order valence-electron chi connectivity index (χ3n) is 5.20. The van der Waals surface area contributed by atoms with Gasteiger partial charge in [-0.1, -0.05) is 25.5 Å². The zero-order chi connectivity index (χ0) is 16.9. The molecule has 1 aromatic carbocycles. The minimum Gasteiger partial charge on any atom is -0.370 e. The fourth-order valence-corrected chi connectivity index (χ4v) is 3.17. The van der Waals surface area contributed by atoms with E-state index in [2.05, 4.69) is 22.1 Å². The van der Waals surface area contributed by atoms with Crippen LogP contribution in [0.2, 0.25) is 0 Å². The smallest absolute Gasteiger partial charge is 0.227 e. The van der Waals surface area contributed by atoms with Crippen molar-refractivity contribution in [3.8, 4) is 0 Å². The van der Waals surface area contributed by atoms with Crippen LogP contribution in [0.5, 0.6) is 0 Å². The molecule has 1 amide bonds. The van der Waals surface area contributed by atoms with Crippen molar-refractivity contribution < 1.29 is 4.79 Å². The van der Waals surface area contributed by atoms with Gasteiger partial charge in [0.2, 0.25) is 5.91 Å². The van der Waals surface area contributed by atoms with Crippen molar-refractivity contribution >= 4 is 17.6 Å². The van der Waals surface area contributed by atoms with Gasteiger partial charge < -0.3 is 16.0 Å². The molecular weight excluding hydrogens is 300 g/mol. The Morgan fingerprint density at radius 2 is 2.04 bits per heavy atom. The van der Waals surface area contributed by atoms with Gasteiger partial charge >= 0.3 is 0 Å². The number of anilines is 1. The number of carbonyl (C=O) groups is 1.